The molecule has 0 saturated heterocycles. The molecular formula is C17H14F3NO5S. The third-order valence-electron chi connectivity index (χ3n) is 3.89. The summed E-state index contributed by atoms with van der Waals surface area (Å²) in [5.74, 6) is 0.174. The summed E-state index contributed by atoms with van der Waals surface area (Å²) in [6.45, 7) is 0.888. The standard InChI is InChI=1S/C17H14F3NO5S/c1-10(22)13-4-3-12(7-14(13)17(18,19)20)27(23,24)21-8-11-2-5-15-16(6-11)26-9-25-15/h2-7,21H,8-9H2,1H3. The van der Waals surface area contributed by atoms with Crippen LogP contribution in [0.1, 0.15) is 28.4 Å². The van der Waals surface area contributed by atoms with E-state index >= 15 is 0 Å². The predicted octanol–water partition coefficient (Wildman–Crippen LogP) is 3.12. The van der Waals surface area contributed by atoms with E-state index in [1.54, 1.807) is 18.2 Å². The highest BCUT2D eigenvalue weighted by Gasteiger charge is 2.35. The number of rotatable bonds is 5. The normalized spacial score (nSPS) is 13.6. The van der Waals surface area contributed by atoms with Crippen LogP contribution in [0.3, 0.4) is 0 Å². The fraction of sp³-hybridized carbons (Fsp3) is 0.235. The number of hydrogen-bond acceptors (Lipinski definition) is 5. The van der Waals surface area contributed by atoms with Gasteiger partial charge in [0.2, 0.25) is 16.8 Å². The molecule has 27 heavy (non-hydrogen) atoms. The molecule has 0 aliphatic carbocycles. The van der Waals surface area contributed by atoms with Crippen LogP contribution in [0.4, 0.5) is 13.2 Å². The van der Waals surface area contributed by atoms with E-state index in [9.17, 15) is 26.4 Å². The van der Waals surface area contributed by atoms with Crippen molar-refractivity contribution >= 4 is 15.8 Å². The lowest BCUT2D eigenvalue weighted by atomic mass is 10.0. The molecule has 2 aromatic carbocycles. The molecule has 0 spiro atoms. The molecule has 0 amide bonds. The summed E-state index contributed by atoms with van der Waals surface area (Å²) in [5.41, 5.74) is -1.34. The molecule has 3 rings (SSSR count). The van der Waals surface area contributed by atoms with Crippen LogP contribution < -0.4 is 14.2 Å². The van der Waals surface area contributed by atoms with E-state index in [2.05, 4.69) is 4.72 Å². The number of nitrogens with one attached hydrogen (secondary N) is 1. The number of sulfonamides is 1. The fourth-order valence-electron chi connectivity index (χ4n) is 2.54. The lowest BCUT2D eigenvalue weighted by Crippen LogP contribution is -2.24. The number of halogens is 3. The van der Waals surface area contributed by atoms with Crippen LogP contribution in [0, 0.1) is 0 Å². The first kappa shape index (κ1) is 19.2. The second kappa shape index (κ2) is 6.86. The maximum atomic E-state index is 13.2. The van der Waals surface area contributed by atoms with Crippen molar-refractivity contribution in [3.05, 3.63) is 53.1 Å². The molecule has 6 nitrogen and oxygen atoms in total. The van der Waals surface area contributed by atoms with Crippen LogP contribution >= 0.6 is 0 Å². The topological polar surface area (TPSA) is 81.7 Å². The number of ether oxygens (including phenoxy) is 2. The zero-order valence-electron chi connectivity index (χ0n) is 14.0. The summed E-state index contributed by atoms with van der Waals surface area (Å²) >= 11 is 0. The van der Waals surface area contributed by atoms with Gasteiger partial charge in [0, 0.05) is 12.1 Å². The number of hydrogen-bond donors (Lipinski definition) is 1. The molecule has 0 aromatic heterocycles. The molecule has 0 atom stereocenters. The molecular weight excluding hydrogens is 387 g/mol. The molecule has 1 N–H and O–H groups in total. The van der Waals surface area contributed by atoms with E-state index in [-0.39, 0.29) is 13.3 Å². The van der Waals surface area contributed by atoms with E-state index in [1.807, 2.05) is 0 Å². The van der Waals surface area contributed by atoms with Crippen molar-refractivity contribution in [3.8, 4) is 11.5 Å². The van der Waals surface area contributed by atoms with E-state index < -0.39 is 38.0 Å². The zero-order valence-corrected chi connectivity index (χ0v) is 14.8. The molecule has 0 bridgehead atoms. The van der Waals surface area contributed by atoms with E-state index in [0.717, 1.165) is 19.1 Å². The van der Waals surface area contributed by atoms with Gasteiger partial charge >= 0.3 is 6.18 Å². The lowest BCUT2D eigenvalue weighted by molar-refractivity contribution is -0.138. The Bertz CT molecular complexity index is 1000. The largest absolute Gasteiger partial charge is 0.454 e. The van der Waals surface area contributed by atoms with Gasteiger partial charge in [-0.15, -0.1) is 0 Å². The van der Waals surface area contributed by atoms with Crippen LogP contribution in [0.5, 0.6) is 11.5 Å². The Morgan fingerprint density at radius 2 is 1.81 bits per heavy atom. The monoisotopic (exact) mass is 401 g/mol. The highest BCUT2D eigenvalue weighted by molar-refractivity contribution is 7.89. The Hall–Kier alpha value is -2.59. The second-order valence-electron chi connectivity index (χ2n) is 5.77. The minimum atomic E-state index is -4.86. The smallest absolute Gasteiger partial charge is 0.417 e. The number of alkyl halides is 3. The first-order chi connectivity index (χ1) is 12.6. The van der Waals surface area contributed by atoms with Crippen molar-refractivity contribution in [2.24, 2.45) is 0 Å². The van der Waals surface area contributed by atoms with Crippen molar-refractivity contribution in [2.75, 3.05) is 6.79 Å². The summed E-state index contributed by atoms with van der Waals surface area (Å²) in [4.78, 5) is 10.8. The number of Topliss-reactive ketones (excluding diaryl/α,β-unsaturated/α-hetero) is 1. The maximum Gasteiger partial charge on any atom is 0.417 e. The zero-order chi connectivity index (χ0) is 19.8. The quantitative estimate of drug-likeness (QED) is 0.779. The average Bonchev–Trinajstić information content (AvgIpc) is 3.06. The van der Waals surface area contributed by atoms with Crippen molar-refractivity contribution in [1.29, 1.82) is 0 Å². The summed E-state index contributed by atoms with van der Waals surface area (Å²) in [6.07, 6.45) is -4.86. The van der Waals surface area contributed by atoms with Gasteiger partial charge in [-0.25, -0.2) is 13.1 Å². The van der Waals surface area contributed by atoms with Gasteiger partial charge in [0.25, 0.3) is 0 Å². The van der Waals surface area contributed by atoms with Gasteiger partial charge < -0.3 is 9.47 Å². The first-order valence-electron chi connectivity index (χ1n) is 7.68. The summed E-state index contributed by atoms with van der Waals surface area (Å²) in [7, 11) is -4.23. The van der Waals surface area contributed by atoms with Crippen molar-refractivity contribution in [3.63, 3.8) is 0 Å². The van der Waals surface area contributed by atoms with Crippen molar-refractivity contribution in [1.82, 2.24) is 4.72 Å². The third-order valence-corrected chi connectivity index (χ3v) is 5.29. The molecule has 0 unspecified atom stereocenters. The van der Waals surface area contributed by atoms with E-state index in [1.165, 1.54) is 0 Å². The highest BCUT2D eigenvalue weighted by Crippen LogP contribution is 2.34. The number of carbonyl (C=O) groups is 1. The van der Waals surface area contributed by atoms with Crippen LogP contribution in [-0.2, 0) is 22.7 Å². The van der Waals surface area contributed by atoms with Crippen molar-refractivity contribution < 1.29 is 35.9 Å². The van der Waals surface area contributed by atoms with Crippen LogP contribution in [-0.4, -0.2) is 21.0 Å². The van der Waals surface area contributed by atoms with Crippen LogP contribution in [0.2, 0.25) is 0 Å². The lowest BCUT2D eigenvalue weighted by Gasteiger charge is -2.14. The SMILES string of the molecule is CC(=O)c1ccc(S(=O)(=O)NCc2ccc3c(c2)OCO3)cc1C(F)(F)F. The first-order valence-corrected chi connectivity index (χ1v) is 9.16. The van der Waals surface area contributed by atoms with Gasteiger partial charge in [-0.05, 0) is 42.8 Å². The number of ketones is 1. The second-order valence-corrected chi connectivity index (χ2v) is 7.54. The van der Waals surface area contributed by atoms with E-state index in [4.69, 9.17) is 9.47 Å². The number of fused-ring (bicyclic) bond motifs is 1. The molecule has 1 aliphatic rings. The van der Waals surface area contributed by atoms with Gasteiger partial charge in [-0.2, -0.15) is 13.2 Å². The summed E-state index contributed by atoms with van der Waals surface area (Å²) in [5, 5.41) is 0. The Morgan fingerprint density at radius 3 is 2.48 bits per heavy atom. The predicted molar refractivity (Wildman–Crippen MR) is 88.0 cm³/mol. The van der Waals surface area contributed by atoms with Crippen molar-refractivity contribution in [2.45, 2.75) is 24.5 Å². The average molecular weight is 401 g/mol. The summed E-state index contributed by atoms with van der Waals surface area (Å²) in [6, 6.07) is 7.07. The molecule has 1 heterocycles. The molecule has 0 fully saturated rings. The van der Waals surface area contributed by atoms with Gasteiger partial charge in [0.1, 0.15) is 0 Å². The van der Waals surface area contributed by atoms with Gasteiger partial charge in [0.05, 0.1) is 10.5 Å². The molecule has 10 heteroatoms. The molecule has 2 aromatic rings. The number of carbonyl (C=O) groups excluding carboxylic acids is 1. The Kier molecular flexibility index (Phi) is 4.87. The van der Waals surface area contributed by atoms with Gasteiger partial charge in [0.15, 0.2) is 17.3 Å². The molecule has 0 radical (unpaired) electrons. The number of benzene rings is 2. The fourth-order valence-corrected chi connectivity index (χ4v) is 3.59. The van der Waals surface area contributed by atoms with Crippen LogP contribution in [0.15, 0.2) is 41.3 Å². The molecule has 0 saturated carbocycles. The van der Waals surface area contributed by atoms with Crippen LogP contribution in [0.25, 0.3) is 0 Å². The van der Waals surface area contributed by atoms with Gasteiger partial charge in [-0.1, -0.05) is 6.07 Å². The molecule has 1 aliphatic heterocycles. The maximum absolute atomic E-state index is 13.2. The molecule has 144 valence electrons. The minimum Gasteiger partial charge on any atom is -0.454 e. The third kappa shape index (κ3) is 4.06. The van der Waals surface area contributed by atoms with E-state index in [0.29, 0.717) is 23.1 Å². The Balaban J connectivity index is 1.85. The highest BCUT2D eigenvalue weighted by atomic mass is 32.2. The Labute approximate surface area is 153 Å². The summed E-state index contributed by atoms with van der Waals surface area (Å²) < 4.78 is 76.8. The van der Waals surface area contributed by atoms with Gasteiger partial charge in [-0.3, -0.25) is 4.79 Å². The Morgan fingerprint density at radius 1 is 1.11 bits per heavy atom. The minimum absolute atomic E-state index is 0.0627.